The van der Waals surface area contributed by atoms with E-state index in [4.69, 9.17) is 9.47 Å². The third kappa shape index (κ3) is 5.46. The van der Waals surface area contributed by atoms with Gasteiger partial charge in [0, 0.05) is 59.9 Å². The summed E-state index contributed by atoms with van der Waals surface area (Å²) in [5, 5.41) is 25.8. The van der Waals surface area contributed by atoms with E-state index in [2.05, 4.69) is 52.6 Å². The SMILES string of the molecule is COc1cc(N2CCN(c3ccc(N=Nc4n(C)nc[n+]4C)c(OC)c3)CC2)ccc1N=Nc1n(C)nc[n+]1C. The van der Waals surface area contributed by atoms with Crippen molar-refractivity contribution in [3.63, 3.8) is 0 Å². The predicted molar refractivity (Wildman–Crippen MR) is 148 cm³/mol. The van der Waals surface area contributed by atoms with E-state index in [1.54, 1.807) is 45.4 Å². The van der Waals surface area contributed by atoms with Crippen molar-refractivity contribution in [1.29, 1.82) is 0 Å². The molecule has 14 nitrogen and oxygen atoms in total. The van der Waals surface area contributed by atoms with Gasteiger partial charge in [-0.05, 0) is 34.5 Å². The molecule has 2 aromatic heterocycles. The van der Waals surface area contributed by atoms with Crippen LogP contribution in [0.5, 0.6) is 11.5 Å². The maximum atomic E-state index is 5.63. The lowest BCUT2D eigenvalue weighted by molar-refractivity contribution is -0.659. The van der Waals surface area contributed by atoms with Crippen LogP contribution in [0.3, 0.4) is 0 Å². The number of benzene rings is 2. The zero-order valence-electron chi connectivity index (χ0n) is 23.6. The van der Waals surface area contributed by atoms with Gasteiger partial charge in [-0.15, -0.1) is 9.36 Å². The maximum Gasteiger partial charge on any atom is 0.403 e. The smallest absolute Gasteiger partial charge is 0.403 e. The summed E-state index contributed by atoms with van der Waals surface area (Å²) in [6.45, 7) is 3.43. The molecule has 0 radical (unpaired) electrons. The maximum absolute atomic E-state index is 5.63. The molecule has 0 amide bonds. The molecule has 1 saturated heterocycles. The van der Waals surface area contributed by atoms with E-state index >= 15 is 0 Å². The molecule has 1 fully saturated rings. The molecule has 4 aromatic rings. The van der Waals surface area contributed by atoms with Crippen molar-refractivity contribution in [2.45, 2.75) is 0 Å². The highest BCUT2D eigenvalue weighted by molar-refractivity contribution is 5.64. The number of ether oxygens (including phenoxy) is 2. The predicted octanol–water partition coefficient (Wildman–Crippen LogP) is 2.98. The van der Waals surface area contributed by atoms with Crippen LogP contribution in [-0.2, 0) is 28.2 Å². The first kappa shape index (κ1) is 26.7. The summed E-state index contributed by atoms with van der Waals surface area (Å²) in [4.78, 5) is 4.68. The Morgan fingerprint density at radius 1 is 0.650 bits per heavy atom. The largest absolute Gasteiger partial charge is 0.494 e. The van der Waals surface area contributed by atoms with Gasteiger partial charge in [-0.2, -0.15) is 0 Å². The topological polar surface area (TPSA) is 118 Å². The highest BCUT2D eigenvalue weighted by atomic mass is 16.5. The molecule has 1 aliphatic heterocycles. The summed E-state index contributed by atoms with van der Waals surface area (Å²) >= 11 is 0. The lowest BCUT2D eigenvalue weighted by atomic mass is 10.2. The number of nitrogens with zero attached hydrogens (tertiary/aromatic N) is 12. The van der Waals surface area contributed by atoms with Crippen LogP contribution < -0.4 is 28.4 Å². The van der Waals surface area contributed by atoms with Gasteiger partial charge in [-0.1, -0.05) is 10.2 Å². The Morgan fingerprint density at radius 2 is 1.05 bits per heavy atom. The normalized spacial score (nSPS) is 14.1. The van der Waals surface area contributed by atoms with E-state index in [1.807, 2.05) is 52.5 Å². The fourth-order valence-electron chi connectivity index (χ4n) is 4.55. The summed E-state index contributed by atoms with van der Waals surface area (Å²) in [5.41, 5.74) is 3.48. The highest BCUT2D eigenvalue weighted by Gasteiger charge is 2.21. The average molecular weight is 547 g/mol. The number of hydrogen-bond acceptors (Lipinski definition) is 10. The van der Waals surface area contributed by atoms with Gasteiger partial charge < -0.3 is 19.3 Å². The van der Waals surface area contributed by atoms with Gasteiger partial charge in [-0.3, -0.25) is 0 Å². The Kier molecular flexibility index (Phi) is 7.66. The zero-order valence-corrected chi connectivity index (χ0v) is 23.6. The van der Waals surface area contributed by atoms with E-state index in [1.165, 1.54) is 0 Å². The summed E-state index contributed by atoms with van der Waals surface area (Å²) in [7, 11) is 10.7. The fraction of sp³-hybridized carbons (Fsp3) is 0.385. The summed E-state index contributed by atoms with van der Waals surface area (Å²) in [6, 6.07) is 12.0. The first-order valence-corrected chi connectivity index (χ1v) is 12.8. The molecule has 0 unspecified atom stereocenters. The van der Waals surface area contributed by atoms with Crippen LogP contribution in [0, 0.1) is 0 Å². The Labute approximate surface area is 232 Å². The minimum atomic E-state index is 0.637. The molecule has 0 bridgehead atoms. The molecule has 3 heterocycles. The fourth-order valence-corrected chi connectivity index (χ4v) is 4.55. The van der Waals surface area contributed by atoms with Gasteiger partial charge in [0.15, 0.2) is 0 Å². The van der Waals surface area contributed by atoms with E-state index in [-0.39, 0.29) is 0 Å². The number of aromatic nitrogens is 6. The molecule has 40 heavy (non-hydrogen) atoms. The van der Waals surface area contributed by atoms with Crippen molar-refractivity contribution in [3.8, 4) is 11.5 Å². The number of methoxy groups -OCH3 is 2. The second-order valence-corrected chi connectivity index (χ2v) is 9.42. The van der Waals surface area contributed by atoms with Gasteiger partial charge in [-0.25, -0.2) is 9.13 Å². The standard InChI is InChI=1S/C26H34N12O2/c1-33-17-27-35(3)25(33)31-29-21-9-7-19(15-23(21)39-5)37-11-13-38(14-12-37)20-8-10-22(24(16-20)40-6)30-32-26-34(2)18-28-36(26)4/h7-10,15-18H,11-14H2,1-6H3/q+2. The number of hydrogen-bond donors (Lipinski definition) is 0. The average Bonchev–Trinajstić information content (AvgIpc) is 3.48. The zero-order chi connectivity index (χ0) is 28.2. The van der Waals surface area contributed by atoms with E-state index in [0.717, 1.165) is 37.6 Å². The second-order valence-electron chi connectivity index (χ2n) is 9.42. The third-order valence-corrected chi connectivity index (χ3v) is 6.84. The van der Waals surface area contributed by atoms with E-state index in [9.17, 15) is 0 Å². The second kappa shape index (κ2) is 11.5. The third-order valence-electron chi connectivity index (χ3n) is 6.84. The molecule has 0 N–H and O–H groups in total. The number of azo groups is 2. The van der Waals surface area contributed by atoms with Gasteiger partial charge >= 0.3 is 11.9 Å². The molecule has 1 aliphatic rings. The number of anilines is 2. The summed E-state index contributed by atoms with van der Waals surface area (Å²) in [5.74, 6) is 2.61. The van der Waals surface area contributed by atoms with Crippen LogP contribution in [0.1, 0.15) is 0 Å². The monoisotopic (exact) mass is 546 g/mol. The van der Waals surface area contributed by atoms with Crippen LogP contribution in [-0.4, -0.2) is 60.0 Å². The summed E-state index contributed by atoms with van der Waals surface area (Å²) < 4.78 is 18.2. The van der Waals surface area contributed by atoms with Crippen molar-refractivity contribution >= 4 is 34.6 Å². The van der Waals surface area contributed by atoms with Gasteiger partial charge in [0.05, 0.1) is 42.4 Å². The Bertz CT molecular complexity index is 1390. The van der Waals surface area contributed by atoms with Crippen molar-refractivity contribution < 1.29 is 18.6 Å². The lowest BCUT2D eigenvalue weighted by Gasteiger charge is -2.37. The lowest BCUT2D eigenvalue weighted by Crippen LogP contribution is -2.46. The quantitative estimate of drug-likeness (QED) is 0.248. The van der Waals surface area contributed by atoms with Crippen LogP contribution in [0.4, 0.5) is 34.6 Å². The van der Waals surface area contributed by atoms with Crippen molar-refractivity contribution in [2.75, 3.05) is 50.2 Å². The van der Waals surface area contributed by atoms with Gasteiger partial charge in [0.1, 0.15) is 22.9 Å². The first-order chi connectivity index (χ1) is 19.4. The van der Waals surface area contributed by atoms with Crippen LogP contribution in [0.15, 0.2) is 69.5 Å². The number of rotatable bonds is 8. The Morgan fingerprint density at radius 3 is 1.38 bits per heavy atom. The van der Waals surface area contributed by atoms with Gasteiger partial charge in [0.2, 0.25) is 12.7 Å². The Hall–Kier alpha value is -4.88. The molecule has 14 heteroatoms. The van der Waals surface area contributed by atoms with E-state index < -0.39 is 0 Å². The molecule has 0 saturated carbocycles. The molecule has 2 aromatic carbocycles. The molecule has 0 atom stereocenters. The molecule has 5 rings (SSSR count). The highest BCUT2D eigenvalue weighted by Crippen LogP contribution is 2.35. The molecular weight excluding hydrogens is 512 g/mol. The van der Waals surface area contributed by atoms with Gasteiger partial charge in [0.25, 0.3) is 0 Å². The number of piperazine rings is 1. The van der Waals surface area contributed by atoms with Crippen molar-refractivity contribution in [2.24, 2.45) is 48.6 Å². The molecule has 0 spiro atoms. The molecular formula is C26H34N12O2+2. The van der Waals surface area contributed by atoms with Crippen LogP contribution in [0.25, 0.3) is 0 Å². The molecule has 208 valence electrons. The minimum Gasteiger partial charge on any atom is -0.494 e. The van der Waals surface area contributed by atoms with Crippen LogP contribution in [0.2, 0.25) is 0 Å². The van der Waals surface area contributed by atoms with Crippen LogP contribution >= 0.6 is 0 Å². The van der Waals surface area contributed by atoms with Crippen molar-refractivity contribution in [1.82, 2.24) is 19.6 Å². The number of aryl methyl sites for hydroxylation is 4. The minimum absolute atomic E-state index is 0.637. The summed E-state index contributed by atoms with van der Waals surface area (Å²) in [6.07, 6.45) is 3.38. The first-order valence-electron chi connectivity index (χ1n) is 12.8. The molecule has 0 aliphatic carbocycles. The Balaban J connectivity index is 1.25. The van der Waals surface area contributed by atoms with Crippen molar-refractivity contribution in [3.05, 3.63) is 49.1 Å². The van der Waals surface area contributed by atoms with E-state index in [0.29, 0.717) is 34.8 Å².